The van der Waals surface area contributed by atoms with Crippen LogP contribution in [0.1, 0.15) is 0 Å². The molecule has 0 saturated carbocycles. The molecule has 1 atom stereocenters. The van der Waals surface area contributed by atoms with Gasteiger partial charge in [0.1, 0.15) is 6.10 Å². The Hall–Kier alpha value is 0.560. The Labute approximate surface area is 98.1 Å². The molecule has 70 valence electrons. The van der Waals surface area contributed by atoms with Crippen molar-refractivity contribution < 1.29 is 55.1 Å². The van der Waals surface area contributed by atoms with Crippen molar-refractivity contribution in [1.29, 1.82) is 0 Å². The molecule has 9 heteroatoms. The van der Waals surface area contributed by atoms with Crippen LogP contribution in [0.15, 0.2) is 11.5 Å². The molecule has 1 aliphatic rings. The van der Waals surface area contributed by atoms with E-state index >= 15 is 0 Å². The zero-order valence-corrected chi connectivity index (χ0v) is 10.3. The van der Waals surface area contributed by atoms with Crippen LogP contribution in [-0.4, -0.2) is 33.2 Å². The Balaban J connectivity index is 0.00000144. The molecular weight excluding hydrogens is 231 g/mol. The third kappa shape index (κ3) is 5.11. The maximum absolute atomic E-state index is 10.7. The molecule has 0 aromatic carbocycles. The van der Waals surface area contributed by atoms with E-state index in [1.54, 1.807) is 0 Å². The van der Waals surface area contributed by atoms with Crippen LogP contribution in [0.5, 0.6) is 0 Å². The monoisotopic (exact) mass is 236 g/mol. The summed E-state index contributed by atoms with van der Waals surface area (Å²) in [4.78, 5) is 0. The van der Waals surface area contributed by atoms with Gasteiger partial charge in [-0.15, -0.1) is 0 Å². The number of hydrogen-bond donors (Lipinski definition) is 0. The van der Waals surface area contributed by atoms with Gasteiger partial charge < -0.3 is 4.55 Å². The Bertz CT molecular complexity index is 392. The van der Waals surface area contributed by atoms with E-state index in [-0.39, 0.29) is 29.6 Å². The molecule has 0 N–H and O–H groups in total. The van der Waals surface area contributed by atoms with Crippen molar-refractivity contribution in [2.45, 2.75) is 6.10 Å². The summed E-state index contributed by atoms with van der Waals surface area (Å²) in [5.41, 5.74) is 0. The molecule has 1 aliphatic heterocycles. The van der Waals surface area contributed by atoms with Crippen molar-refractivity contribution in [2.75, 3.05) is 5.75 Å². The molecule has 0 spiro atoms. The van der Waals surface area contributed by atoms with Crippen LogP contribution >= 0.6 is 0 Å². The van der Waals surface area contributed by atoms with Crippen molar-refractivity contribution in [2.24, 2.45) is 0 Å². The molecule has 1 rings (SSSR count). The van der Waals surface area contributed by atoms with Crippen LogP contribution in [0.2, 0.25) is 0 Å². The molecule has 0 aromatic heterocycles. The topological polar surface area (TPSA) is 101 Å². The van der Waals surface area contributed by atoms with E-state index in [4.69, 9.17) is 0 Å². The van der Waals surface area contributed by atoms with Crippen molar-refractivity contribution in [3.8, 4) is 0 Å². The second kappa shape index (κ2) is 4.39. The quantitative estimate of drug-likeness (QED) is 0.273. The predicted molar refractivity (Wildman–Crippen MR) is 37.5 cm³/mol. The summed E-state index contributed by atoms with van der Waals surface area (Å²) in [6.45, 7) is 0. The van der Waals surface area contributed by atoms with Gasteiger partial charge in [-0.1, -0.05) is 0 Å². The van der Waals surface area contributed by atoms with Gasteiger partial charge in [0.05, 0.1) is 5.75 Å². The first-order valence-corrected chi connectivity index (χ1v) is 5.88. The van der Waals surface area contributed by atoms with Gasteiger partial charge in [0.25, 0.3) is 0 Å². The van der Waals surface area contributed by atoms with Crippen LogP contribution in [0.4, 0.5) is 0 Å². The Morgan fingerprint density at radius 1 is 1.46 bits per heavy atom. The van der Waals surface area contributed by atoms with Gasteiger partial charge in [0.15, 0.2) is 9.84 Å². The minimum Gasteiger partial charge on any atom is -0.726 e. The van der Waals surface area contributed by atoms with Crippen LogP contribution in [0.3, 0.4) is 0 Å². The fourth-order valence-corrected chi connectivity index (χ4v) is 2.44. The van der Waals surface area contributed by atoms with Crippen molar-refractivity contribution in [3.63, 3.8) is 0 Å². The SMILES string of the molecule is O=S1(=O)C=CC(OS(=O)(=O)[O-])C1.[Na+]. The molecule has 1 unspecified atom stereocenters. The van der Waals surface area contributed by atoms with E-state index in [0.717, 1.165) is 11.5 Å². The smallest absolute Gasteiger partial charge is 0.726 e. The normalized spacial score (nSPS) is 25.5. The van der Waals surface area contributed by atoms with E-state index in [0.29, 0.717) is 0 Å². The fourth-order valence-electron chi connectivity index (χ4n) is 0.759. The van der Waals surface area contributed by atoms with E-state index in [9.17, 15) is 21.4 Å². The van der Waals surface area contributed by atoms with Crippen LogP contribution in [0, 0.1) is 0 Å². The second-order valence-electron chi connectivity index (χ2n) is 2.20. The molecule has 0 saturated heterocycles. The van der Waals surface area contributed by atoms with E-state index in [1.165, 1.54) is 0 Å². The maximum atomic E-state index is 10.7. The fraction of sp³-hybridized carbons (Fsp3) is 0.500. The Morgan fingerprint density at radius 2 is 2.00 bits per heavy atom. The second-order valence-corrected chi connectivity index (χ2v) is 5.14. The number of rotatable bonds is 2. The first-order chi connectivity index (χ1) is 5.29. The van der Waals surface area contributed by atoms with Crippen LogP contribution in [-0.2, 0) is 24.4 Å². The van der Waals surface area contributed by atoms with Gasteiger partial charge in [0, 0.05) is 5.41 Å². The average Bonchev–Trinajstić information content (AvgIpc) is 2.05. The summed E-state index contributed by atoms with van der Waals surface area (Å²) >= 11 is 0. The summed E-state index contributed by atoms with van der Waals surface area (Å²) in [6.07, 6.45) is -0.150. The third-order valence-corrected chi connectivity index (χ3v) is 2.99. The maximum Gasteiger partial charge on any atom is 1.00 e. The van der Waals surface area contributed by atoms with Gasteiger partial charge in [-0.3, -0.25) is 4.18 Å². The standard InChI is InChI=1S/C4H6O6S2.Na/c5-11(6)2-1-4(3-11)10-12(7,8)9;/h1-2,4H,3H2,(H,7,8,9);/q;+1/p-1. The summed E-state index contributed by atoms with van der Waals surface area (Å²) in [5, 5.41) is 0.822. The molecule has 0 fully saturated rings. The molecule has 0 bridgehead atoms. The summed E-state index contributed by atoms with van der Waals surface area (Å²) < 4.78 is 55.2. The van der Waals surface area contributed by atoms with Crippen molar-refractivity contribution >= 4 is 20.2 Å². The van der Waals surface area contributed by atoms with Gasteiger partial charge in [-0.25, -0.2) is 16.8 Å². The predicted octanol–water partition coefficient (Wildman–Crippen LogP) is -4.22. The van der Waals surface area contributed by atoms with Gasteiger partial charge >= 0.3 is 29.6 Å². The van der Waals surface area contributed by atoms with E-state index in [2.05, 4.69) is 4.18 Å². The van der Waals surface area contributed by atoms with Crippen LogP contribution in [0.25, 0.3) is 0 Å². The molecule has 0 radical (unpaired) electrons. The van der Waals surface area contributed by atoms with Gasteiger partial charge in [-0.05, 0) is 6.08 Å². The van der Waals surface area contributed by atoms with Gasteiger partial charge in [-0.2, -0.15) is 0 Å². The molecule has 6 nitrogen and oxygen atoms in total. The molecular formula is C4H5NaO6S2. The zero-order chi connectivity index (χ0) is 9.41. The molecule has 1 heterocycles. The first-order valence-electron chi connectivity index (χ1n) is 2.83. The minimum atomic E-state index is -4.82. The minimum absolute atomic E-state index is 0. The summed E-state index contributed by atoms with van der Waals surface area (Å²) in [7, 11) is -8.20. The Morgan fingerprint density at radius 3 is 2.31 bits per heavy atom. The van der Waals surface area contributed by atoms with Crippen LogP contribution < -0.4 is 29.6 Å². The molecule has 0 amide bonds. The average molecular weight is 236 g/mol. The van der Waals surface area contributed by atoms with Crippen molar-refractivity contribution in [3.05, 3.63) is 11.5 Å². The zero-order valence-electron chi connectivity index (χ0n) is 6.71. The first kappa shape index (κ1) is 13.6. The summed E-state index contributed by atoms with van der Waals surface area (Å²) in [6, 6.07) is 0. The van der Waals surface area contributed by atoms with E-state index < -0.39 is 32.1 Å². The van der Waals surface area contributed by atoms with Crippen molar-refractivity contribution in [1.82, 2.24) is 0 Å². The number of hydrogen-bond acceptors (Lipinski definition) is 6. The molecule has 0 aromatic rings. The largest absolute Gasteiger partial charge is 1.00 e. The third-order valence-electron chi connectivity index (χ3n) is 1.14. The van der Waals surface area contributed by atoms with Gasteiger partial charge in [0.2, 0.25) is 10.4 Å². The summed E-state index contributed by atoms with van der Waals surface area (Å²) in [5.74, 6) is -0.492. The Kier molecular flexibility index (Phi) is 4.58. The molecule has 0 aliphatic carbocycles. The number of sulfone groups is 1. The van der Waals surface area contributed by atoms with E-state index in [1.807, 2.05) is 0 Å². The molecule has 13 heavy (non-hydrogen) atoms.